The van der Waals surface area contributed by atoms with Crippen LogP contribution in [-0.2, 0) is 0 Å². The molecule has 20 heavy (non-hydrogen) atoms. The highest BCUT2D eigenvalue weighted by Crippen LogP contribution is 2.30. The number of nitrogens with two attached hydrogens (primary N) is 1. The third-order valence-corrected chi connectivity index (χ3v) is 5.32. The molecule has 1 saturated carbocycles. The minimum absolute atomic E-state index is 0.454. The summed E-state index contributed by atoms with van der Waals surface area (Å²) < 4.78 is 0. The summed E-state index contributed by atoms with van der Waals surface area (Å²) in [6, 6.07) is 11.5. The first-order chi connectivity index (χ1) is 9.83. The van der Waals surface area contributed by atoms with Gasteiger partial charge in [-0.3, -0.25) is 0 Å². The Morgan fingerprint density at radius 3 is 2.35 bits per heavy atom. The van der Waals surface area contributed by atoms with Crippen molar-refractivity contribution in [1.82, 2.24) is 4.90 Å². The normalized spacial score (nSPS) is 29.4. The number of piperidine rings is 1. The van der Waals surface area contributed by atoms with E-state index in [9.17, 15) is 0 Å². The molecular formula is C18H28N2. The van der Waals surface area contributed by atoms with Gasteiger partial charge in [-0.05, 0) is 56.2 Å². The maximum Gasteiger partial charge on any atom is 0.00793 e. The second-order valence-corrected chi connectivity index (χ2v) is 6.69. The second kappa shape index (κ2) is 6.73. The highest BCUT2D eigenvalue weighted by molar-refractivity contribution is 5.20. The van der Waals surface area contributed by atoms with E-state index in [0.29, 0.717) is 6.04 Å². The van der Waals surface area contributed by atoms with Gasteiger partial charge in [-0.15, -0.1) is 0 Å². The van der Waals surface area contributed by atoms with Crippen LogP contribution in [0, 0.1) is 5.92 Å². The van der Waals surface area contributed by atoms with E-state index in [2.05, 4.69) is 35.2 Å². The minimum atomic E-state index is 0.454. The molecule has 3 rings (SSSR count). The van der Waals surface area contributed by atoms with Gasteiger partial charge in [0.1, 0.15) is 0 Å². The van der Waals surface area contributed by atoms with Gasteiger partial charge in [0.25, 0.3) is 0 Å². The average Bonchev–Trinajstić information content (AvgIpc) is 2.51. The van der Waals surface area contributed by atoms with Crippen molar-refractivity contribution in [3.05, 3.63) is 35.9 Å². The van der Waals surface area contributed by atoms with E-state index in [1.165, 1.54) is 63.7 Å². The Labute approximate surface area is 123 Å². The fourth-order valence-corrected chi connectivity index (χ4v) is 3.97. The van der Waals surface area contributed by atoms with Crippen LogP contribution >= 0.6 is 0 Å². The van der Waals surface area contributed by atoms with Crippen molar-refractivity contribution in [2.75, 3.05) is 19.6 Å². The van der Waals surface area contributed by atoms with Crippen molar-refractivity contribution < 1.29 is 0 Å². The summed E-state index contributed by atoms with van der Waals surface area (Å²) in [6.07, 6.45) is 7.94. The molecule has 2 nitrogen and oxygen atoms in total. The lowest BCUT2D eigenvalue weighted by Crippen LogP contribution is -2.43. The van der Waals surface area contributed by atoms with E-state index in [-0.39, 0.29) is 0 Å². The van der Waals surface area contributed by atoms with E-state index in [0.717, 1.165) is 11.8 Å². The molecule has 0 aromatic heterocycles. The molecule has 2 N–H and O–H groups in total. The van der Waals surface area contributed by atoms with Gasteiger partial charge >= 0.3 is 0 Å². The van der Waals surface area contributed by atoms with E-state index in [1.807, 2.05) is 0 Å². The quantitative estimate of drug-likeness (QED) is 0.914. The molecule has 2 atom stereocenters. The standard InChI is InChI=1S/C18H28N2/c19-18-9-5-4-8-17(18)14-20-12-10-16(11-13-20)15-6-2-1-3-7-15/h1-3,6-7,16-18H,4-5,8-14,19H2/t17-,18?/m0/s1. The molecule has 0 radical (unpaired) electrons. The summed E-state index contributed by atoms with van der Waals surface area (Å²) in [5.74, 6) is 1.52. The molecule has 2 fully saturated rings. The van der Waals surface area contributed by atoms with Crippen LogP contribution in [0.5, 0.6) is 0 Å². The van der Waals surface area contributed by atoms with Crippen LogP contribution in [0.2, 0.25) is 0 Å². The number of likely N-dealkylation sites (tertiary alicyclic amines) is 1. The van der Waals surface area contributed by atoms with Crippen LogP contribution in [0.1, 0.15) is 50.0 Å². The Kier molecular flexibility index (Phi) is 4.74. The summed E-state index contributed by atoms with van der Waals surface area (Å²) in [4.78, 5) is 2.66. The van der Waals surface area contributed by atoms with Crippen molar-refractivity contribution in [3.8, 4) is 0 Å². The third-order valence-electron chi connectivity index (χ3n) is 5.32. The van der Waals surface area contributed by atoms with Crippen molar-refractivity contribution in [2.45, 2.75) is 50.5 Å². The average molecular weight is 272 g/mol. The van der Waals surface area contributed by atoms with Gasteiger partial charge in [-0.1, -0.05) is 43.2 Å². The van der Waals surface area contributed by atoms with Crippen LogP contribution in [-0.4, -0.2) is 30.6 Å². The van der Waals surface area contributed by atoms with Gasteiger partial charge in [0.15, 0.2) is 0 Å². The highest BCUT2D eigenvalue weighted by Gasteiger charge is 2.26. The largest absolute Gasteiger partial charge is 0.327 e. The molecular weight excluding hydrogens is 244 g/mol. The molecule has 0 spiro atoms. The van der Waals surface area contributed by atoms with E-state index >= 15 is 0 Å². The number of hydrogen-bond acceptors (Lipinski definition) is 2. The second-order valence-electron chi connectivity index (χ2n) is 6.69. The van der Waals surface area contributed by atoms with Crippen LogP contribution in [0.15, 0.2) is 30.3 Å². The Hall–Kier alpha value is -0.860. The Balaban J connectivity index is 1.49. The molecule has 1 aromatic rings. The summed E-state index contributed by atoms with van der Waals surface area (Å²) in [5, 5.41) is 0. The fourth-order valence-electron chi connectivity index (χ4n) is 3.97. The lowest BCUT2D eigenvalue weighted by atomic mass is 9.83. The summed E-state index contributed by atoms with van der Waals surface area (Å²) >= 11 is 0. The first-order valence-corrected chi connectivity index (χ1v) is 8.36. The molecule has 1 aromatic carbocycles. The molecule has 1 heterocycles. The molecule has 2 aliphatic rings. The molecule has 1 unspecified atom stereocenters. The lowest BCUT2D eigenvalue weighted by Gasteiger charge is -2.37. The Morgan fingerprint density at radius 2 is 1.65 bits per heavy atom. The van der Waals surface area contributed by atoms with Gasteiger partial charge in [0.2, 0.25) is 0 Å². The molecule has 1 saturated heterocycles. The van der Waals surface area contributed by atoms with Crippen molar-refractivity contribution >= 4 is 0 Å². The van der Waals surface area contributed by atoms with Crippen LogP contribution in [0.4, 0.5) is 0 Å². The number of nitrogens with zero attached hydrogens (tertiary/aromatic N) is 1. The van der Waals surface area contributed by atoms with E-state index in [4.69, 9.17) is 5.73 Å². The maximum absolute atomic E-state index is 6.29. The van der Waals surface area contributed by atoms with Crippen molar-refractivity contribution in [3.63, 3.8) is 0 Å². The Bertz CT molecular complexity index is 395. The number of rotatable bonds is 3. The molecule has 0 bridgehead atoms. The minimum Gasteiger partial charge on any atom is -0.327 e. The zero-order chi connectivity index (χ0) is 13.8. The number of benzene rings is 1. The molecule has 1 aliphatic carbocycles. The molecule has 0 amide bonds. The number of hydrogen-bond donors (Lipinski definition) is 1. The van der Waals surface area contributed by atoms with E-state index < -0.39 is 0 Å². The Morgan fingerprint density at radius 1 is 0.950 bits per heavy atom. The topological polar surface area (TPSA) is 29.3 Å². The van der Waals surface area contributed by atoms with Crippen LogP contribution in [0.3, 0.4) is 0 Å². The monoisotopic (exact) mass is 272 g/mol. The first kappa shape index (κ1) is 14.1. The third kappa shape index (κ3) is 3.42. The molecule has 110 valence electrons. The predicted octanol–water partition coefficient (Wildman–Crippen LogP) is 3.38. The van der Waals surface area contributed by atoms with E-state index in [1.54, 1.807) is 0 Å². The summed E-state index contributed by atoms with van der Waals surface area (Å²) in [6.45, 7) is 3.74. The zero-order valence-corrected chi connectivity index (χ0v) is 12.5. The van der Waals surface area contributed by atoms with Gasteiger partial charge in [-0.25, -0.2) is 0 Å². The summed E-state index contributed by atoms with van der Waals surface area (Å²) in [5.41, 5.74) is 7.82. The van der Waals surface area contributed by atoms with Gasteiger partial charge in [-0.2, -0.15) is 0 Å². The zero-order valence-electron chi connectivity index (χ0n) is 12.5. The maximum atomic E-state index is 6.29. The van der Waals surface area contributed by atoms with Crippen LogP contribution in [0.25, 0.3) is 0 Å². The predicted molar refractivity (Wildman–Crippen MR) is 84.8 cm³/mol. The smallest absolute Gasteiger partial charge is 0.00793 e. The van der Waals surface area contributed by atoms with Crippen LogP contribution < -0.4 is 5.73 Å². The lowest BCUT2D eigenvalue weighted by molar-refractivity contribution is 0.152. The van der Waals surface area contributed by atoms with Gasteiger partial charge in [0, 0.05) is 12.6 Å². The fraction of sp³-hybridized carbons (Fsp3) is 0.667. The van der Waals surface area contributed by atoms with Gasteiger partial charge < -0.3 is 10.6 Å². The van der Waals surface area contributed by atoms with Crippen molar-refractivity contribution in [2.24, 2.45) is 11.7 Å². The molecule has 2 heteroatoms. The van der Waals surface area contributed by atoms with Crippen molar-refractivity contribution in [1.29, 1.82) is 0 Å². The SMILES string of the molecule is NC1CCCC[C@H]1CN1CCC(c2ccccc2)CC1. The van der Waals surface area contributed by atoms with Gasteiger partial charge in [0.05, 0.1) is 0 Å². The highest BCUT2D eigenvalue weighted by atomic mass is 15.1. The molecule has 1 aliphatic heterocycles. The first-order valence-electron chi connectivity index (χ1n) is 8.36. The summed E-state index contributed by atoms with van der Waals surface area (Å²) in [7, 11) is 0.